The summed E-state index contributed by atoms with van der Waals surface area (Å²) in [6.07, 6.45) is 7.63. The Kier molecular flexibility index (Phi) is 5.62. The minimum absolute atomic E-state index is 0.0745. The van der Waals surface area contributed by atoms with Crippen LogP contribution in [0, 0.1) is 0 Å². The monoisotopic (exact) mass is 388 g/mol. The highest BCUT2D eigenvalue weighted by Crippen LogP contribution is 2.29. The number of likely N-dealkylation sites (tertiary alicyclic amines) is 1. The van der Waals surface area contributed by atoms with Crippen molar-refractivity contribution in [2.75, 3.05) is 13.1 Å². The van der Waals surface area contributed by atoms with Gasteiger partial charge in [-0.25, -0.2) is 4.79 Å². The summed E-state index contributed by atoms with van der Waals surface area (Å²) < 4.78 is 5.49. The van der Waals surface area contributed by atoms with Gasteiger partial charge in [-0.05, 0) is 37.8 Å². The number of piperidine rings is 1. The third kappa shape index (κ3) is 4.43. The van der Waals surface area contributed by atoms with Crippen LogP contribution in [0.1, 0.15) is 56.8 Å². The van der Waals surface area contributed by atoms with E-state index in [0.717, 1.165) is 44.3 Å². The van der Waals surface area contributed by atoms with Gasteiger partial charge < -0.3 is 14.7 Å². The molecule has 0 unspecified atom stereocenters. The fraction of sp³-hybridized carbons (Fsp3) is 0.550. The van der Waals surface area contributed by atoms with Gasteiger partial charge >= 0.3 is 6.03 Å². The van der Waals surface area contributed by atoms with Gasteiger partial charge in [0, 0.05) is 35.6 Å². The number of rotatable bonds is 3. The van der Waals surface area contributed by atoms with Crippen LogP contribution in [0.25, 0.3) is 11.4 Å². The van der Waals surface area contributed by atoms with Crippen molar-refractivity contribution in [1.82, 2.24) is 20.4 Å². The normalized spacial score (nSPS) is 19.2. The lowest BCUT2D eigenvalue weighted by Gasteiger charge is -2.32. The standard InChI is InChI=1S/C20H25ClN4O2/c21-16-6-4-5-15(13-16)18-23-19(27-24-18)14-9-11-25(12-10-14)20(26)22-17-7-2-1-3-8-17/h4-6,13-14,17H,1-3,7-12H2,(H,22,26). The van der Waals surface area contributed by atoms with Gasteiger partial charge in [-0.1, -0.05) is 48.2 Å². The molecule has 1 saturated carbocycles. The molecular weight excluding hydrogens is 364 g/mol. The molecule has 1 saturated heterocycles. The van der Waals surface area contributed by atoms with E-state index in [1.807, 2.05) is 29.2 Å². The first-order chi connectivity index (χ1) is 13.2. The van der Waals surface area contributed by atoms with Crippen LogP contribution in [-0.2, 0) is 0 Å². The molecule has 144 valence electrons. The van der Waals surface area contributed by atoms with Crippen LogP contribution in [0.3, 0.4) is 0 Å². The Bertz CT molecular complexity index is 780. The van der Waals surface area contributed by atoms with Crippen molar-refractivity contribution in [1.29, 1.82) is 0 Å². The molecule has 7 heteroatoms. The van der Waals surface area contributed by atoms with Crippen molar-refractivity contribution in [3.8, 4) is 11.4 Å². The maximum absolute atomic E-state index is 12.5. The van der Waals surface area contributed by atoms with Crippen LogP contribution in [0.5, 0.6) is 0 Å². The highest BCUT2D eigenvalue weighted by atomic mass is 35.5. The Morgan fingerprint density at radius 1 is 1.15 bits per heavy atom. The van der Waals surface area contributed by atoms with Crippen molar-refractivity contribution in [3.63, 3.8) is 0 Å². The van der Waals surface area contributed by atoms with Crippen molar-refractivity contribution in [2.24, 2.45) is 0 Å². The SMILES string of the molecule is O=C(NC1CCCCC1)N1CCC(c2nc(-c3cccc(Cl)c3)no2)CC1. The molecule has 2 fully saturated rings. The van der Waals surface area contributed by atoms with Gasteiger partial charge in [0.2, 0.25) is 11.7 Å². The Balaban J connectivity index is 1.32. The Hall–Kier alpha value is -2.08. The minimum Gasteiger partial charge on any atom is -0.339 e. The second-order valence-corrected chi connectivity index (χ2v) is 7.95. The maximum atomic E-state index is 12.5. The summed E-state index contributed by atoms with van der Waals surface area (Å²) in [6, 6.07) is 7.86. The molecule has 1 aliphatic heterocycles. The highest BCUT2D eigenvalue weighted by Gasteiger charge is 2.28. The van der Waals surface area contributed by atoms with E-state index in [2.05, 4.69) is 15.5 Å². The summed E-state index contributed by atoms with van der Waals surface area (Å²) in [5.74, 6) is 1.41. The second kappa shape index (κ2) is 8.30. The first-order valence-electron chi connectivity index (χ1n) is 9.84. The summed E-state index contributed by atoms with van der Waals surface area (Å²) in [7, 11) is 0. The van der Waals surface area contributed by atoms with Crippen LogP contribution >= 0.6 is 11.6 Å². The van der Waals surface area contributed by atoms with E-state index in [4.69, 9.17) is 16.1 Å². The van der Waals surface area contributed by atoms with Crippen molar-refractivity contribution in [3.05, 3.63) is 35.2 Å². The van der Waals surface area contributed by atoms with Gasteiger partial charge in [0.05, 0.1) is 0 Å². The molecule has 2 aliphatic rings. The zero-order valence-corrected chi connectivity index (χ0v) is 16.1. The molecule has 0 bridgehead atoms. The number of aromatic nitrogens is 2. The number of amides is 2. The third-order valence-corrected chi connectivity index (χ3v) is 5.82. The Labute approximate surface area is 164 Å². The largest absolute Gasteiger partial charge is 0.339 e. The molecule has 0 spiro atoms. The number of halogens is 1. The number of benzene rings is 1. The fourth-order valence-electron chi connectivity index (χ4n) is 3.99. The summed E-state index contributed by atoms with van der Waals surface area (Å²) >= 11 is 6.04. The summed E-state index contributed by atoms with van der Waals surface area (Å²) in [5.41, 5.74) is 0.849. The first kappa shape index (κ1) is 18.3. The van der Waals surface area contributed by atoms with Crippen LogP contribution < -0.4 is 5.32 Å². The third-order valence-electron chi connectivity index (χ3n) is 5.59. The zero-order valence-electron chi connectivity index (χ0n) is 15.4. The second-order valence-electron chi connectivity index (χ2n) is 7.51. The van der Waals surface area contributed by atoms with Crippen LogP contribution in [-0.4, -0.2) is 40.2 Å². The number of urea groups is 1. The van der Waals surface area contributed by atoms with E-state index in [1.165, 1.54) is 19.3 Å². The average molecular weight is 389 g/mol. The molecular formula is C20H25ClN4O2. The van der Waals surface area contributed by atoms with E-state index in [-0.39, 0.29) is 11.9 Å². The molecule has 1 N–H and O–H groups in total. The smallest absolute Gasteiger partial charge is 0.317 e. The quantitative estimate of drug-likeness (QED) is 0.833. The van der Waals surface area contributed by atoms with Crippen molar-refractivity contribution in [2.45, 2.75) is 56.9 Å². The molecule has 6 nitrogen and oxygen atoms in total. The Morgan fingerprint density at radius 3 is 2.67 bits per heavy atom. The lowest BCUT2D eigenvalue weighted by Crippen LogP contribution is -2.48. The fourth-order valence-corrected chi connectivity index (χ4v) is 4.18. The summed E-state index contributed by atoms with van der Waals surface area (Å²) in [5, 5.41) is 7.94. The van der Waals surface area contributed by atoms with Gasteiger partial charge in [-0.2, -0.15) is 4.98 Å². The zero-order chi connectivity index (χ0) is 18.6. The highest BCUT2D eigenvalue weighted by molar-refractivity contribution is 6.30. The lowest BCUT2D eigenvalue weighted by atomic mass is 9.95. The maximum Gasteiger partial charge on any atom is 0.317 e. The van der Waals surface area contributed by atoms with Crippen LogP contribution in [0.2, 0.25) is 5.02 Å². The van der Waals surface area contributed by atoms with E-state index in [1.54, 1.807) is 0 Å². The molecule has 1 aromatic carbocycles. The average Bonchev–Trinajstić information content (AvgIpc) is 3.19. The van der Waals surface area contributed by atoms with E-state index < -0.39 is 0 Å². The van der Waals surface area contributed by atoms with Crippen molar-refractivity contribution < 1.29 is 9.32 Å². The molecule has 4 rings (SSSR count). The predicted molar refractivity (Wildman–Crippen MR) is 104 cm³/mol. The molecule has 27 heavy (non-hydrogen) atoms. The predicted octanol–water partition coefficient (Wildman–Crippen LogP) is 4.61. The summed E-state index contributed by atoms with van der Waals surface area (Å²) in [6.45, 7) is 1.44. The van der Waals surface area contributed by atoms with Gasteiger partial charge in [-0.3, -0.25) is 0 Å². The van der Waals surface area contributed by atoms with Gasteiger partial charge in [0.25, 0.3) is 0 Å². The molecule has 0 radical (unpaired) electrons. The first-order valence-corrected chi connectivity index (χ1v) is 10.2. The van der Waals surface area contributed by atoms with Gasteiger partial charge in [-0.15, -0.1) is 0 Å². The molecule has 1 aromatic heterocycles. The molecule has 2 amide bonds. The van der Waals surface area contributed by atoms with Gasteiger partial charge in [0.15, 0.2) is 0 Å². The van der Waals surface area contributed by atoms with Crippen LogP contribution in [0.15, 0.2) is 28.8 Å². The number of nitrogens with zero attached hydrogens (tertiary/aromatic N) is 3. The molecule has 2 heterocycles. The van der Waals surface area contributed by atoms with Crippen molar-refractivity contribution >= 4 is 17.6 Å². The lowest BCUT2D eigenvalue weighted by molar-refractivity contribution is 0.169. The number of carbonyl (C=O) groups excluding carboxylic acids is 1. The number of nitrogens with one attached hydrogen (secondary N) is 1. The van der Waals surface area contributed by atoms with E-state index in [0.29, 0.717) is 22.8 Å². The topological polar surface area (TPSA) is 71.3 Å². The van der Waals surface area contributed by atoms with E-state index >= 15 is 0 Å². The number of hydrogen-bond donors (Lipinski definition) is 1. The number of hydrogen-bond acceptors (Lipinski definition) is 4. The minimum atomic E-state index is 0.0745. The molecule has 0 atom stereocenters. The molecule has 2 aromatic rings. The number of carbonyl (C=O) groups is 1. The molecule has 1 aliphatic carbocycles. The van der Waals surface area contributed by atoms with Gasteiger partial charge in [0.1, 0.15) is 0 Å². The van der Waals surface area contributed by atoms with Crippen LogP contribution in [0.4, 0.5) is 4.79 Å². The Morgan fingerprint density at radius 2 is 1.93 bits per heavy atom. The van der Waals surface area contributed by atoms with E-state index in [9.17, 15) is 4.79 Å². The summed E-state index contributed by atoms with van der Waals surface area (Å²) in [4.78, 5) is 19.0.